The Morgan fingerprint density at radius 3 is 2.61 bits per heavy atom. The van der Waals surface area contributed by atoms with Crippen molar-refractivity contribution < 1.29 is 14.3 Å². The average molecular weight is 423 g/mol. The minimum Gasteiger partial charge on any atom is -0.497 e. The average Bonchev–Trinajstić information content (AvgIpc) is 2.80. The van der Waals surface area contributed by atoms with Crippen LogP contribution in [0.1, 0.15) is 36.8 Å². The van der Waals surface area contributed by atoms with E-state index >= 15 is 0 Å². The first kappa shape index (κ1) is 21.8. The molecule has 2 heterocycles. The van der Waals surface area contributed by atoms with Gasteiger partial charge in [-0.3, -0.25) is 9.69 Å². The number of nitrogens with zero attached hydrogens (tertiary/aromatic N) is 2. The number of ether oxygens (including phenoxy) is 2. The number of amides is 1. The van der Waals surface area contributed by atoms with Crippen molar-refractivity contribution >= 4 is 5.91 Å². The molecule has 0 N–H and O–H groups in total. The van der Waals surface area contributed by atoms with Crippen LogP contribution in [-0.4, -0.2) is 61.2 Å². The van der Waals surface area contributed by atoms with Crippen LogP contribution in [0.2, 0.25) is 0 Å². The summed E-state index contributed by atoms with van der Waals surface area (Å²) in [5.41, 5.74) is 2.27. The largest absolute Gasteiger partial charge is 0.497 e. The van der Waals surface area contributed by atoms with Gasteiger partial charge < -0.3 is 14.4 Å². The minimum atomic E-state index is -0.0827. The Morgan fingerprint density at radius 1 is 1.13 bits per heavy atom. The van der Waals surface area contributed by atoms with Crippen LogP contribution in [0, 0.1) is 0 Å². The first-order chi connectivity index (χ1) is 15.1. The van der Waals surface area contributed by atoms with Crippen molar-refractivity contribution in [1.82, 2.24) is 9.80 Å². The molecule has 2 aliphatic heterocycles. The lowest BCUT2D eigenvalue weighted by molar-refractivity contribution is -0.148. The van der Waals surface area contributed by atoms with E-state index in [2.05, 4.69) is 42.3 Å². The third-order valence-electron chi connectivity index (χ3n) is 6.88. The number of rotatable bonds is 6. The Hall–Kier alpha value is -2.37. The van der Waals surface area contributed by atoms with E-state index in [9.17, 15) is 4.79 Å². The number of hydrogen-bond acceptors (Lipinski definition) is 4. The Kier molecular flexibility index (Phi) is 6.93. The SMILES string of the molecule is COc1cccc(CC(=O)N2CCC3(CC2)CC(N(C)Cc2ccccc2)CCO3)c1. The van der Waals surface area contributed by atoms with Gasteiger partial charge in [0.15, 0.2) is 0 Å². The summed E-state index contributed by atoms with van der Waals surface area (Å²) in [7, 11) is 3.88. The fraction of sp³-hybridized carbons (Fsp3) is 0.500. The molecular formula is C26H34N2O3. The van der Waals surface area contributed by atoms with Gasteiger partial charge >= 0.3 is 0 Å². The monoisotopic (exact) mass is 422 g/mol. The Morgan fingerprint density at radius 2 is 1.87 bits per heavy atom. The van der Waals surface area contributed by atoms with E-state index in [1.54, 1.807) is 7.11 Å². The van der Waals surface area contributed by atoms with Gasteiger partial charge in [0, 0.05) is 32.3 Å². The van der Waals surface area contributed by atoms with Crippen LogP contribution < -0.4 is 4.74 Å². The van der Waals surface area contributed by atoms with E-state index in [0.29, 0.717) is 12.5 Å². The molecule has 2 aliphatic rings. The summed E-state index contributed by atoms with van der Waals surface area (Å²) in [6.45, 7) is 3.32. The van der Waals surface area contributed by atoms with Crippen molar-refractivity contribution in [3.05, 3.63) is 65.7 Å². The quantitative estimate of drug-likeness (QED) is 0.708. The molecule has 2 aromatic carbocycles. The summed E-state index contributed by atoms with van der Waals surface area (Å²) in [6.07, 6.45) is 4.39. The minimum absolute atomic E-state index is 0.0827. The molecule has 166 valence electrons. The maximum absolute atomic E-state index is 12.9. The van der Waals surface area contributed by atoms with Crippen molar-refractivity contribution in [2.75, 3.05) is 33.9 Å². The first-order valence-corrected chi connectivity index (χ1v) is 11.4. The zero-order valence-corrected chi connectivity index (χ0v) is 18.8. The first-order valence-electron chi connectivity index (χ1n) is 11.4. The van der Waals surface area contributed by atoms with Crippen molar-refractivity contribution in [1.29, 1.82) is 0 Å². The second-order valence-corrected chi connectivity index (χ2v) is 8.99. The van der Waals surface area contributed by atoms with Gasteiger partial charge in [-0.05, 0) is 56.0 Å². The lowest BCUT2D eigenvalue weighted by Crippen LogP contribution is -2.54. The number of benzene rings is 2. The van der Waals surface area contributed by atoms with Crippen LogP contribution in [-0.2, 0) is 22.5 Å². The van der Waals surface area contributed by atoms with E-state index < -0.39 is 0 Å². The molecule has 1 unspecified atom stereocenters. The highest BCUT2D eigenvalue weighted by Crippen LogP contribution is 2.37. The number of carbonyl (C=O) groups is 1. The van der Waals surface area contributed by atoms with Crippen LogP contribution in [0.4, 0.5) is 0 Å². The highest BCUT2D eigenvalue weighted by atomic mass is 16.5. The van der Waals surface area contributed by atoms with Crippen molar-refractivity contribution in [3.8, 4) is 5.75 Å². The fourth-order valence-electron chi connectivity index (χ4n) is 4.96. The molecule has 0 bridgehead atoms. The van der Waals surface area contributed by atoms with Gasteiger partial charge in [0.1, 0.15) is 5.75 Å². The summed E-state index contributed by atoms with van der Waals surface area (Å²) in [4.78, 5) is 17.3. The van der Waals surface area contributed by atoms with E-state index in [4.69, 9.17) is 9.47 Å². The van der Waals surface area contributed by atoms with Gasteiger partial charge in [0.2, 0.25) is 5.91 Å². The van der Waals surface area contributed by atoms with Crippen LogP contribution >= 0.6 is 0 Å². The molecule has 5 nitrogen and oxygen atoms in total. The summed E-state index contributed by atoms with van der Waals surface area (Å²) in [5.74, 6) is 0.987. The Labute approximate surface area is 185 Å². The van der Waals surface area contributed by atoms with Crippen molar-refractivity contribution in [3.63, 3.8) is 0 Å². The number of carbonyl (C=O) groups excluding carboxylic acids is 1. The highest BCUT2D eigenvalue weighted by molar-refractivity contribution is 5.79. The number of hydrogen-bond donors (Lipinski definition) is 0. The topological polar surface area (TPSA) is 42.0 Å². The van der Waals surface area contributed by atoms with E-state index in [0.717, 1.165) is 63.2 Å². The molecule has 2 aromatic rings. The van der Waals surface area contributed by atoms with Gasteiger partial charge in [0.05, 0.1) is 19.1 Å². The third-order valence-corrected chi connectivity index (χ3v) is 6.88. The smallest absolute Gasteiger partial charge is 0.226 e. The maximum atomic E-state index is 12.9. The normalized spacial score (nSPS) is 20.7. The maximum Gasteiger partial charge on any atom is 0.226 e. The molecular weight excluding hydrogens is 388 g/mol. The molecule has 1 atom stereocenters. The molecule has 0 radical (unpaired) electrons. The predicted octanol–water partition coefficient (Wildman–Crippen LogP) is 3.91. The lowest BCUT2D eigenvalue weighted by Gasteiger charge is -2.48. The molecule has 2 saturated heterocycles. The number of piperidine rings is 1. The Bertz CT molecular complexity index is 862. The zero-order chi connectivity index (χ0) is 21.7. The lowest BCUT2D eigenvalue weighted by atomic mass is 9.81. The molecule has 1 spiro atoms. The molecule has 0 saturated carbocycles. The van der Waals surface area contributed by atoms with Gasteiger partial charge in [-0.1, -0.05) is 42.5 Å². The summed E-state index contributed by atoms with van der Waals surface area (Å²) in [6, 6.07) is 19.0. The molecule has 2 fully saturated rings. The fourth-order valence-corrected chi connectivity index (χ4v) is 4.96. The van der Waals surface area contributed by atoms with Gasteiger partial charge in [-0.2, -0.15) is 0 Å². The number of methoxy groups -OCH3 is 1. The predicted molar refractivity (Wildman–Crippen MR) is 122 cm³/mol. The van der Waals surface area contributed by atoms with Gasteiger partial charge in [0.25, 0.3) is 0 Å². The Balaban J connectivity index is 1.31. The summed E-state index contributed by atoms with van der Waals surface area (Å²) >= 11 is 0. The molecule has 31 heavy (non-hydrogen) atoms. The van der Waals surface area contributed by atoms with Crippen molar-refractivity contribution in [2.24, 2.45) is 0 Å². The van der Waals surface area contributed by atoms with Crippen LogP contribution in [0.25, 0.3) is 0 Å². The standard InChI is InChI=1S/C26H34N2O3/c1-27(20-21-7-4-3-5-8-21)23-11-16-31-26(19-23)12-14-28(15-13-26)25(29)18-22-9-6-10-24(17-22)30-2/h3-10,17,23H,11-16,18-20H2,1-2H3. The number of likely N-dealkylation sites (tertiary alicyclic amines) is 1. The second kappa shape index (κ2) is 9.84. The van der Waals surface area contributed by atoms with Crippen LogP contribution in [0.3, 0.4) is 0 Å². The molecule has 4 rings (SSSR count). The molecule has 0 aliphatic carbocycles. The van der Waals surface area contributed by atoms with Crippen LogP contribution in [0.15, 0.2) is 54.6 Å². The van der Waals surface area contributed by atoms with Gasteiger partial charge in [-0.25, -0.2) is 0 Å². The van der Waals surface area contributed by atoms with E-state index in [1.807, 2.05) is 29.2 Å². The van der Waals surface area contributed by atoms with Crippen molar-refractivity contribution in [2.45, 2.75) is 50.3 Å². The summed E-state index contributed by atoms with van der Waals surface area (Å²) < 4.78 is 11.6. The zero-order valence-electron chi connectivity index (χ0n) is 18.8. The van der Waals surface area contributed by atoms with E-state index in [1.165, 1.54) is 5.56 Å². The van der Waals surface area contributed by atoms with E-state index in [-0.39, 0.29) is 11.5 Å². The highest BCUT2D eigenvalue weighted by Gasteiger charge is 2.42. The molecule has 0 aromatic heterocycles. The third kappa shape index (κ3) is 5.46. The molecule has 1 amide bonds. The summed E-state index contributed by atoms with van der Waals surface area (Å²) in [5, 5.41) is 0. The van der Waals surface area contributed by atoms with Gasteiger partial charge in [-0.15, -0.1) is 0 Å². The van der Waals surface area contributed by atoms with Crippen LogP contribution in [0.5, 0.6) is 5.75 Å². The second-order valence-electron chi connectivity index (χ2n) is 8.99. The molecule has 5 heteroatoms.